The second-order valence-corrected chi connectivity index (χ2v) is 3.49. The lowest BCUT2D eigenvalue weighted by Gasteiger charge is -2.44. The van der Waals surface area contributed by atoms with Crippen molar-refractivity contribution in [1.29, 1.82) is 0 Å². The molecule has 1 rings (SSSR count). The Kier molecular flexibility index (Phi) is 3.67. The van der Waals surface area contributed by atoms with E-state index in [1.165, 1.54) is 0 Å². The van der Waals surface area contributed by atoms with E-state index in [0.29, 0.717) is 0 Å². The topological polar surface area (TPSA) is 110 Å². The highest BCUT2D eigenvalue weighted by Gasteiger charge is 2.52. The number of hydrogen-bond donors (Lipinski definition) is 5. The Labute approximate surface area is 86.7 Å². The molecule has 0 spiro atoms. The number of ether oxygens (including phenoxy) is 1. The van der Waals surface area contributed by atoms with Crippen molar-refractivity contribution in [2.45, 2.75) is 36.6 Å². The van der Waals surface area contributed by atoms with Gasteiger partial charge in [-0.05, 0) is 0 Å². The van der Waals surface area contributed by atoms with Crippen molar-refractivity contribution in [3.63, 3.8) is 0 Å². The molecule has 0 amide bonds. The Morgan fingerprint density at radius 2 is 1.87 bits per heavy atom. The van der Waals surface area contributed by atoms with E-state index in [9.17, 15) is 20.4 Å². The highest BCUT2D eigenvalue weighted by Crippen LogP contribution is 2.30. The molecular weight excluding hydrogens is 204 g/mol. The summed E-state index contributed by atoms with van der Waals surface area (Å²) in [4.78, 5) is 0. The third-order valence-electron chi connectivity index (χ3n) is 2.41. The predicted octanol–water partition coefficient (Wildman–Crippen LogP) is -2.83. The fraction of sp³-hybridized carbons (Fsp3) is 0.778. The molecule has 6 heteroatoms. The largest absolute Gasteiger partial charge is 0.394 e. The summed E-state index contributed by atoms with van der Waals surface area (Å²) in [6, 6.07) is 0. The lowest BCUT2D eigenvalue weighted by Crippen LogP contribution is -2.65. The standard InChI is InChI=1S/C9H14O6/c1-2-3-9(14)8(13)7(12)6(11)5(4-10)15-9/h1,5-8,10-14H,3-4H2/t5-,6+,7+,8-,9-/m1/s1. The molecule has 6 nitrogen and oxygen atoms in total. The SMILES string of the molecule is C#CC[C@@]1(O)O[C@H](CO)[C@H](O)[C@H](O)[C@H]1O. The van der Waals surface area contributed by atoms with E-state index in [1.54, 1.807) is 0 Å². The van der Waals surface area contributed by atoms with E-state index in [2.05, 4.69) is 5.92 Å². The van der Waals surface area contributed by atoms with Gasteiger partial charge in [-0.25, -0.2) is 0 Å². The summed E-state index contributed by atoms with van der Waals surface area (Å²) >= 11 is 0. The molecule has 0 saturated carbocycles. The highest BCUT2D eigenvalue weighted by atomic mass is 16.7. The molecule has 5 N–H and O–H groups in total. The smallest absolute Gasteiger partial charge is 0.206 e. The molecule has 0 unspecified atom stereocenters. The lowest BCUT2D eigenvalue weighted by molar-refractivity contribution is -0.346. The first-order valence-electron chi connectivity index (χ1n) is 4.45. The van der Waals surface area contributed by atoms with Crippen LogP contribution in [0, 0.1) is 12.3 Å². The van der Waals surface area contributed by atoms with Gasteiger partial charge in [0, 0.05) is 0 Å². The number of terminal acetylenes is 1. The van der Waals surface area contributed by atoms with E-state index in [-0.39, 0.29) is 6.42 Å². The Morgan fingerprint density at radius 3 is 2.33 bits per heavy atom. The molecule has 1 aliphatic heterocycles. The Balaban J connectivity index is 2.88. The van der Waals surface area contributed by atoms with Gasteiger partial charge in [-0.2, -0.15) is 0 Å². The van der Waals surface area contributed by atoms with Gasteiger partial charge < -0.3 is 30.3 Å². The van der Waals surface area contributed by atoms with Gasteiger partial charge in [-0.3, -0.25) is 0 Å². The minimum atomic E-state index is -2.14. The van der Waals surface area contributed by atoms with Gasteiger partial charge in [0.05, 0.1) is 13.0 Å². The van der Waals surface area contributed by atoms with Crippen LogP contribution >= 0.6 is 0 Å². The Hall–Kier alpha value is -0.680. The first-order chi connectivity index (χ1) is 6.96. The van der Waals surface area contributed by atoms with Crippen molar-refractivity contribution >= 4 is 0 Å². The minimum Gasteiger partial charge on any atom is -0.394 e. The van der Waals surface area contributed by atoms with Crippen molar-refractivity contribution in [3.8, 4) is 12.3 Å². The van der Waals surface area contributed by atoms with E-state index in [4.69, 9.17) is 16.3 Å². The maximum Gasteiger partial charge on any atom is 0.206 e. The number of aliphatic hydroxyl groups excluding tert-OH is 4. The molecule has 1 fully saturated rings. The van der Waals surface area contributed by atoms with Crippen molar-refractivity contribution in [2.24, 2.45) is 0 Å². The van der Waals surface area contributed by atoms with E-state index in [0.717, 1.165) is 0 Å². The van der Waals surface area contributed by atoms with Crippen LogP contribution in [0.1, 0.15) is 6.42 Å². The fourth-order valence-corrected chi connectivity index (χ4v) is 1.51. The average Bonchev–Trinajstić information content (AvgIpc) is 2.21. The fourth-order valence-electron chi connectivity index (χ4n) is 1.51. The van der Waals surface area contributed by atoms with E-state index < -0.39 is 36.8 Å². The predicted molar refractivity (Wildman–Crippen MR) is 48.4 cm³/mol. The lowest BCUT2D eigenvalue weighted by atomic mass is 9.91. The molecule has 0 bridgehead atoms. The van der Waals surface area contributed by atoms with Crippen LogP contribution in [0.2, 0.25) is 0 Å². The van der Waals surface area contributed by atoms with Crippen LogP contribution in [-0.4, -0.2) is 62.3 Å². The van der Waals surface area contributed by atoms with Crippen LogP contribution < -0.4 is 0 Å². The van der Waals surface area contributed by atoms with Crippen LogP contribution in [0.15, 0.2) is 0 Å². The van der Waals surface area contributed by atoms with Crippen molar-refractivity contribution in [2.75, 3.05) is 6.61 Å². The van der Waals surface area contributed by atoms with Gasteiger partial charge in [-0.15, -0.1) is 12.3 Å². The molecule has 0 aromatic carbocycles. The second kappa shape index (κ2) is 4.45. The Bertz CT molecular complexity index is 260. The summed E-state index contributed by atoms with van der Waals surface area (Å²) in [5.74, 6) is -0.0591. The molecule has 0 aromatic rings. The summed E-state index contributed by atoms with van der Waals surface area (Å²) in [7, 11) is 0. The molecule has 0 aromatic heterocycles. The zero-order valence-electron chi connectivity index (χ0n) is 7.95. The maximum absolute atomic E-state index is 9.73. The van der Waals surface area contributed by atoms with Crippen molar-refractivity contribution in [3.05, 3.63) is 0 Å². The molecule has 15 heavy (non-hydrogen) atoms. The van der Waals surface area contributed by atoms with Gasteiger partial charge in [0.2, 0.25) is 5.79 Å². The number of rotatable bonds is 2. The summed E-state index contributed by atoms with van der Waals surface area (Å²) in [6.07, 6.45) is -1.37. The van der Waals surface area contributed by atoms with Gasteiger partial charge >= 0.3 is 0 Å². The molecule has 1 saturated heterocycles. The van der Waals surface area contributed by atoms with Crippen LogP contribution in [-0.2, 0) is 4.74 Å². The molecule has 1 aliphatic rings. The molecule has 1 heterocycles. The third-order valence-corrected chi connectivity index (χ3v) is 2.41. The third kappa shape index (κ3) is 2.13. The van der Waals surface area contributed by atoms with E-state index >= 15 is 0 Å². The summed E-state index contributed by atoms with van der Waals surface area (Å²) in [6.45, 7) is -0.599. The quantitative estimate of drug-likeness (QED) is 0.320. The van der Waals surface area contributed by atoms with Gasteiger partial charge in [0.1, 0.15) is 24.4 Å². The van der Waals surface area contributed by atoms with Gasteiger partial charge in [0.15, 0.2) is 0 Å². The van der Waals surface area contributed by atoms with Crippen LogP contribution in [0.4, 0.5) is 0 Å². The van der Waals surface area contributed by atoms with Crippen molar-refractivity contribution < 1.29 is 30.3 Å². The van der Waals surface area contributed by atoms with E-state index in [1.807, 2.05) is 0 Å². The zero-order chi connectivity index (χ0) is 11.6. The average molecular weight is 218 g/mol. The summed E-state index contributed by atoms with van der Waals surface area (Å²) in [5, 5.41) is 46.7. The first-order valence-corrected chi connectivity index (χ1v) is 4.45. The zero-order valence-corrected chi connectivity index (χ0v) is 7.95. The molecule has 0 aliphatic carbocycles. The van der Waals surface area contributed by atoms with Crippen LogP contribution in [0.5, 0.6) is 0 Å². The monoisotopic (exact) mass is 218 g/mol. The number of aliphatic hydroxyl groups is 5. The van der Waals surface area contributed by atoms with Crippen LogP contribution in [0.3, 0.4) is 0 Å². The Morgan fingerprint density at radius 1 is 1.27 bits per heavy atom. The normalized spacial score (nSPS) is 46.1. The van der Waals surface area contributed by atoms with Crippen molar-refractivity contribution in [1.82, 2.24) is 0 Å². The second-order valence-electron chi connectivity index (χ2n) is 3.49. The molecule has 0 radical (unpaired) electrons. The molecular formula is C9H14O6. The minimum absolute atomic E-state index is 0.353. The molecule has 86 valence electrons. The summed E-state index contributed by atoms with van der Waals surface area (Å²) in [5.41, 5.74) is 0. The summed E-state index contributed by atoms with van der Waals surface area (Å²) < 4.78 is 4.86. The van der Waals surface area contributed by atoms with Crippen LogP contribution in [0.25, 0.3) is 0 Å². The van der Waals surface area contributed by atoms with Gasteiger partial charge in [-0.1, -0.05) is 0 Å². The number of hydrogen-bond acceptors (Lipinski definition) is 6. The maximum atomic E-state index is 9.73. The first kappa shape index (κ1) is 12.4. The highest BCUT2D eigenvalue weighted by molar-refractivity contribution is 5.02. The van der Waals surface area contributed by atoms with Gasteiger partial charge in [0.25, 0.3) is 0 Å². The molecule has 5 atom stereocenters.